The molecule has 0 spiro atoms. The summed E-state index contributed by atoms with van der Waals surface area (Å²) in [6, 6.07) is 16.1. The number of carbonyl (C=O) groups is 1. The van der Waals surface area contributed by atoms with Gasteiger partial charge in [-0.15, -0.1) is 0 Å². The van der Waals surface area contributed by atoms with Crippen molar-refractivity contribution in [3.63, 3.8) is 0 Å². The molecule has 0 radical (unpaired) electrons. The molecule has 0 fully saturated rings. The molecule has 0 saturated carbocycles. The first-order valence-corrected chi connectivity index (χ1v) is 10.4. The van der Waals surface area contributed by atoms with Crippen LogP contribution in [0.5, 0.6) is 11.5 Å². The van der Waals surface area contributed by atoms with Crippen molar-refractivity contribution < 1.29 is 14.3 Å². The van der Waals surface area contributed by atoms with Gasteiger partial charge in [-0.2, -0.15) is 11.8 Å². The highest BCUT2D eigenvalue weighted by molar-refractivity contribution is 7.98. The van der Waals surface area contributed by atoms with E-state index >= 15 is 0 Å². The molecule has 144 valence electrons. The van der Waals surface area contributed by atoms with Crippen LogP contribution in [0.3, 0.4) is 0 Å². The first kappa shape index (κ1) is 19.6. The van der Waals surface area contributed by atoms with Gasteiger partial charge in [-0.1, -0.05) is 30.3 Å². The molecule has 27 heavy (non-hydrogen) atoms. The minimum absolute atomic E-state index is 0.0405. The maximum atomic E-state index is 12.5. The largest absolute Gasteiger partial charge is 0.497 e. The second-order valence-electron chi connectivity index (χ2n) is 7.38. The van der Waals surface area contributed by atoms with Gasteiger partial charge in [0, 0.05) is 36.0 Å². The normalized spacial score (nSPS) is 17.5. The first-order chi connectivity index (χ1) is 13.0. The molecule has 5 heteroatoms. The molecule has 1 atom stereocenters. The predicted molar refractivity (Wildman–Crippen MR) is 110 cm³/mol. The van der Waals surface area contributed by atoms with Crippen molar-refractivity contribution in [2.24, 2.45) is 0 Å². The van der Waals surface area contributed by atoms with Crippen LogP contribution in [-0.2, 0) is 10.5 Å². The third-order valence-corrected chi connectivity index (χ3v) is 5.63. The molecule has 0 saturated heterocycles. The Morgan fingerprint density at radius 3 is 2.78 bits per heavy atom. The van der Waals surface area contributed by atoms with Gasteiger partial charge in [0.2, 0.25) is 5.91 Å². The molecule has 3 rings (SSSR count). The number of rotatable bonds is 7. The summed E-state index contributed by atoms with van der Waals surface area (Å²) in [5.74, 6) is 3.37. The van der Waals surface area contributed by atoms with E-state index in [1.165, 1.54) is 5.56 Å². The molecular formula is C22H27NO3S. The molecule has 0 unspecified atom stereocenters. The zero-order valence-corrected chi connectivity index (χ0v) is 17.0. The predicted octanol–water partition coefficient (Wildman–Crippen LogP) is 4.74. The average molecular weight is 386 g/mol. The van der Waals surface area contributed by atoms with E-state index < -0.39 is 0 Å². The van der Waals surface area contributed by atoms with Crippen LogP contribution in [0.15, 0.2) is 48.5 Å². The Bertz CT molecular complexity index is 776. The summed E-state index contributed by atoms with van der Waals surface area (Å²) in [7, 11) is 1.64. The molecule has 4 nitrogen and oxygen atoms in total. The van der Waals surface area contributed by atoms with Crippen molar-refractivity contribution in [1.29, 1.82) is 0 Å². The fourth-order valence-electron chi connectivity index (χ4n) is 3.28. The Kier molecular flexibility index (Phi) is 6.32. The topological polar surface area (TPSA) is 47.6 Å². The van der Waals surface area contributed by atoms with Crippen molar-refractivity contribution in [2.45, 2.75) is 44.1 Å². The Balaban J connectivity index is 1.55. The summed E-state index contributed by atoms with van der Waals surface area (Å²) in [6.07, 6.45) is 1.26. The molecule has 1 N–H and O–H groups in total. The number of ether oxygens (including phenoxy) is 2. The van der Waals surface area contributed by atoms with Gasteiger partial charge in [0.25, 0.3) is 0 Å². The van der Waals surface area contributed by atoms with Gasteiger partial charge in [0.05, 0.1) is 13.2 Å². The standard InChI is InChI=1S/C22H27NO3S/c1-22(2)14-19(18-10-9-17(25-3)13-20(18)26-22)23-21(24)11-12-27-15-16-7-5-4-6-8-16/h4-10,13,19H,11-12,14-15H2,1-3H3,(H,23,24)/t19-/m1/s1. The quantitative estimate of drug-likeness (QED) is 0.700. The van der Waals surface area contributed by atoms with Crippen molar-refractivity contribution in [3.05, 3.63) is 59.7 Å². The van der Waals surface area contributed by atoms with E-state index in [4.69, 9.17) is 9.47 Å². The van der Waals surface area contributed by atoms with Crippen molar-refractivity contribution in [3.8, 4) is 11.5 Å². The van der Waals surface area contributed by atoms with Crippen LogP contribution >= 0.6 is 11.8 Å². The molecule has 1 aliphatic heterocycles. The van der Waals surface area contributed by atoms with E-state index in [1.807, 2.05) is 50.2 Å². The number of nitrogens with one attached hydrogen (secondary N) is 1. The van der Waals surface area contributed by atoms with Gasteiger partial charge in [0.15, 0.2) is 0 Å². The maximum absolute atomic E-state index is 12.5. The SMILES string of the molecule is COc1ccc2c(c1)OC(C)(C)C[C@H]2NC(=O)CCSCc1ccccc1. The molecule has 1 aliphatic rings. The monoisotopic (exact) mass is 385 g/mol. The van der Waals surface area contributed by atoms with Crippen LogP contribution in [0.25, 0.3) is 0 Å². The molecular weight excluding hydrogens is 358 g/mol. The Morgan fingerprint density at radius 2 is 2.04 bits per heavy atom. The van der Waals surface area contributed by atoms with Gasteiger partial charge < -0.3 is 14.8 Å². The molecule has 2 aromatic carbocycles. The highest BCUT2D eigenvalue weighted by atomic mass is 32.2. The van der Waals surface area contributed by atoms with E-state index in [9.17, 15) is 4.79 Å². The Hall–Kier alpha value is -2.14. The van der Waals surface area contributed by atoms with Gasteiger partial charge in [-0.25, -0.2) is 0 Å². The fraction of sp³-hybridized carbons (Fsp3) is 0.409. The van der Waals surface area contributed by atoms with Gasteiger partial charge in [-0.05, 0) is 31.5 Å². The molecule has 1 amide bonds. The molecule has 1 heterocycles. The molecule has 0 aliphatic carbocycles. The number of fused-ring (bicyclic) bond motifs is 1. The van der Waals surface area contributed by atoms with E-state index in [0.29, 0.717) is 6.42 Å². The third kappa shape index (κ3) is 5.42. The van der Waals surface area contributed by atoms with Gasteiger partial charge in [-0.3, -0.25) is 4.79 Å². The second kappa shape index (κ2) is 8.70. The number of carbonyl (C=O) groups excluding carboxylic acids is 1. The van der Waals surface area contributed by atoms with Gasteiger partial charge >= 0.3 is 0 Å². The molecule has 2 aromatic rings. The van der Waals surface area contributed by atoms with Crippen LogP contribution in [-0.4, -0.2) is 24.4 Å². The summed E-state index contributed by atoms with van der Waals surface area (Å²) in [6.45, 7) is 4.09. The number of hydrogen-bond donors (Lipinski definition) is 1. The number of methoxy groups -OCH3 is 1. The van der Waals surface area contributed by atoms with Crippen LogP contribution in [0.2, 0.25) is 0 Å². The summed E-state index contributed by atoms with van der Waals surface area (Å²) < 4.78 is 11.4. The summed E-state index contributed by atoms with van der Waals surface area (Å²) in [5, 5.41) is 3.19. The summed E-state index contributed by atoms with van der Waals surface area (Å²) >= 11 is 1.78. The lowest BCUT2D eigenvalue weighted by molar-refractivity contribution is -0.121. The number of thioether (sulfide) groups is 1. The third-order valence-electron chi connectivity index (χ3n) is 4.60. The van der Waals surface area contributed by atoms with Crippen molar-refractivity contribution in [1.82, 2.24) is 5.32 Å². The number of benzene rings is 2. The van der Waals surface area contributed by atoms with E-state index in [-0.39, 0.29) is 17.6 Å². The van der Waals surface area contributed by atoms with Crippen LogP contribution in [0.1, 0.15) is 43.9 Å². The number of amides is 1. The fourth-order valence-corrected chi connectivity index (χ4v) is 4.19. The number of hydrogen-bond acceptors (Lipinski definition) is 4. The van der Waals surface area contributed by atoms with Crippen LogP contribution in [0.4, 0.5) is 0 Å². The Morgan fingerprint density at radius 1 is 1.26 bits per heavy atom. The highest BCUT2D eigenvalue weighted by Gasteiger charge is 2.34. The summed E-state index contributed by atoms with van der Waals surface area (Å²) in [5.41, 5.74) is 1.97. The zero-order chi connectivity index (χ0) is 19.3. The smallest absolute Gasteiger partial charge is 0.221 e. The minimum atomic E-state index is -0.334. The highest BCUT2D eigenvalue weighted by Crippen LogP contribution is 2.41. The van der Waals surface area contributed by atoms with Crippen molar-refractivity contribution >= 4 is 17.7 Å². The second-order valence-corrected chi connectivity index (χ2v) is 8.48. The average Bonchev–Trinajstić information content (AvgIpc) is 2.64. The van der Waals surface area contributed by atoms with Crippen molar-refractivity contribution in [2.75, 3.05) is 12.9 Å². The first-order valence-electron chi connectivity index (χ1n) is 9.25. The van der Waals surface area contributed by atoms with E-state index in [2.05, 4.69) is 17.4 Å². The van der Waals surface area contributed by atoms with Crippen LogP contribution < -0.4 is 14.8 Å². The zero-order valence-electron chi connectivity index (χ0n) is 16.2. The maximum Gasteiger partial charge on any atom is 0.221 e. The van der Waals surface area contributed by atoms with Gasteiger partial charge in [0.1, 0.15) is 17.1 Å². The lowest BCUT2D eigenvalue weighted by atomic mass is 9.89. The summed E-state index contributed by atoms with van der Waals surface area (Å²) in [4.78, 5) is 12.5. The van der Waals surface area contributed by atoms with E-state index in [1.54, 1.807) is 18.9 Å². The van der Waals surface area contributed by atoms with E-state index in [0.717, 1.165) is 35.0 Å². The Labute approximate surface area is 165 Å². The molecule has 0 bridgehead atoms. The lowest BCUT2D eigenvalue weighted by Crippen LogP contribution is -2.41. The lowest BCUT2D eigenvalue weighted by Gasteiger charge is -2.38. The minimum Gasteiger partial charge on any atom is -0.497 e. The molecule has 0 aromatic heterocycles. The van der Waals surface area contributed by atoms with Crippen LogP contribution in [0, 0.1) is 0 Å².